The van der Waals surface area contributed by atoms with Crippen molar-refractivity contribution in [3.63, 3.8) is 0 Å². The smallest absolute Gasteiger partial charge is 0.231 e. The number of hydrogen-bond acceptors (Lipinski definition) is 6. The molecule has 2 fully saturated rings. The zero-order valence-electron chi connectivity index (χ0n) is 13.7. The van der Waals surface area contributed by atoms with E-state index < -0.39 is 0 Å². The molecule has 4 atom stereocenters. The molecule has 3 heterocycles. The van der Waals surface area contributed by atoms with Crippen molar-refractivity contribution < 1.29 is 9.47 Å². The van der Waals surface area contributed by atoms with E-state index in [2.05, 4.69) is 41.1 Å². The number of thioether (sulfide) groups is 1. The van der Waals surface area contributed by atoms with Crippen molar-refractivity contribution in [1.82, 2.24) is 15.8 Å². The maximum atomic E-state index is 5.54. The highest BCUT2D eigenvalue weighted by molar-refractivity contribution is 7.98. The summed E-state index contributed by atoms with van der Waals surface area (Å²) < 4.78 is 11.0. The van der Waals surface area contributed by atoms with Crippen LogP contribution in [0, 0.1) is 5.92 Å². The normalized spacial score (nSPS) is 31.1. The third-order valence-corrected chi connectivity index (χ3v) is 6.14. The summed E-state index contributed by atoms with van der Waals surface area (Å²) in [6, 6.07) is 7.86. The van der Waals surface area contributed by atoms with Gasteiger partial charge in [0.2, 0.25) is 6.79 Å². The first-order valence-electron chi connectivity index (χ1n) is 8.40. The SMILES string of the molecule is CSCC(C)N1CCC2NNC(c3ccc4c(c3)OCO4)C2C1. The Morgan fingerprint density at radius 3 is 3.04 bits per heavy atom. The fourth-order valence-electron chi connectivity index (χ4n) is 4.01. The molecule has 126 valence electrons. The summed E-state index contributed by atoms with van der Waals surface area (Å²) in [4.78, 5) is 2.65. The van der Waals surface area contributed by atoms with Gasteiger partial charge in [-0.3, -0.25) is 10.3 Å². The van der Waals surface area contributed by atoms with Gasteiger partial charge < -0.3 is 9.47 Å². The van der Waals surface area contributed by atoms with Gasteiger partial charge in [-0.2, -0.15) is 11.8 Å². The first kappa shape index (κ1) is 15.6. The molecule has 23 heavy (non-hydrogen) atoms. The molecule has 5 nitrogen and oxygen atoms in total. The standard InChI is InChI=1S/C17H25N3O2S/c1-11(9-23-2)20-6-5-14-13(8-20)17(19-18-14)12-3-4-15-16(7-12)22-10-21-15/h3-4,7,11,13-14,17-19H,5-6,8-10H2,1-2H3. The van der Waals surface area contributed by atoms with E-state index in [0.29, 0.717) is 30.8 Å². The predicted octanol–water partition coefficient (Wildman–Crippen LogP) is 2.01. The molecule has 6 heteroatoms. The molecule has 0 spiro atoms. The van der Waals surface area contributed by atoms with Crippen LogP contribution in [0.25, 0.3) is 0 Å². The average molecular weight is 335 g/mol. The summed E-state index contributed by atoms with van der Waals surface area (Å²) in [6.45, 7) is 5.01. The van der Waals surface area contributed by atoms with Crippen molar-refractivity contribution in [2.75, 3.05) is 31.9 Å². The highest BCUT2D eigenvalue weighted by atomic mass is 32.2. The lowest BCUT2D eigenvalue weighted by molar-refractivity contribution is 0.126. The Morgan fingerprint density at radius 1 is 1.30 bits per heavy atom. The Morgan fingerprint density at radius 2 is 2.17 bits per heavy atom. The van der Waals surface area contributed by atoms with Gasteiger partial charge in [0.15, 0.2) is 11.5 Å². The number of nitrogens with one attached hydrogen (secondary N) is 2. The van der Waals surface area contributed by atoms with Gasteiger partial charge in [-0.05, 0) is 37.3 Å². The molecule has 0 aromatic heterocycles. The fourth-order valence-corrected chi connectivity index (χ4v) is 4.71. The van der Waals surface area contributed by atoms with Gasteiger partial charge in [0.05, 0.1) is 6.04 Å². The lowest BCUT2D eigenvalue weighted by Gasteiger charge is -2.39. The minimum absolute atomic E-state index is 0.332. The van der Waals surface area contributed by atoms with Crippen LogP contribution in [0.15, 0.2) is 18.2 Å². The molecule has 0 saturated carbocycles. The summed E-state index contributed by atoms with van der Waals surface area (Å²) in [5.74, 6) is 3.52. The second kappa shape index (κ2) is 6.51. The van der Waals surface area contributed by atoms with Gasteiger partial charge >= 0.3 is 0 Å². The number of likely N-dealkylation sites (tertiary alicyclic amines) is 1. The second-order valence-electron chi connectivity index (χ2n) is 6.74. The second-order valence-corrected chi connectivity index (χ2v) is 7.65. The van der Waals surface area contributed by atoms with Crippen LogP contribution in [-0.4, -0.2) is 48.9 Å². The van der Waals surface area contributed by atoms with E-state index in [0.717, 1.165) is 18.0 Å². The lowest BCUT2D eigenvalue weighted by atomic mass is 9.84. The average Bonchev–Trinajstić information content (AvgIpc) is 3.20. The summed E-state index contributed by atoms with van der Waals surface area (Å²) in [7, 11) is 0. The molecule has 1 aromatic carbocycles. The van der Waals surface area contributed by atoms with E-state index in [4.69, 9.17) is 9.47 Å². The molecule has 4 unspecified atom stereocenters. The molecule has 3 aliphatic heterocycles. The van der Waals surface area contributed by atoms with Crippen molar-refractivity contribution >= 4 is 11.8 Å². The molecule has 0 bridgehead atoms. The highest BCUT2D eigenvalue weighted by Crippen LogP contribution is 2.39. The van der Waals surface area contributed by atoms with E-state index in [9.17, 15) is 0 Å². The number of rotatable bonds is 4. The summed E-state index contributed by atoms with van der Waals surface area (Å²) >= 11 is 1.94. The first-order valence-corrected chi connectivity index (χ1v) is 9.79. The zero-order chi connectivity index (χ0) is 15.8. The molecule has 1 aromatic rings. The van der Waals surface area contributed by atoms with Gasteiger partial charge in [-0.25, -0.2) is 5.43 Å². The number of hydrogen-bond donors (Lipinski definition) is 2. The Bertz CT molecular complexity index is 571. The highest BCUT2D eigenvalue weighted by Gasteiger charge is 2.41. The number of benzene rings is 1. The Hall–Kier alpha value is -0.950. The van der Waals surface area contributed by atoms with Gasteiger partial charge in [0.25, 0.3) is 0 Å². The number of piperidine rings is 1. The number of fused-ring (bicyclic) bond motifs is 2. The van der Waals surface area contributed by atoms with Gasteiger partial charge in [-0.15, -0.1) is 0 Å². The van der Waals surface area contributed by atoms with Crippen LogP contribution < -0.4 is 20.3 Å². The van der Waals surface area contributed by atoms with Crippen molar-refractivity contribution in [1.29, 1.82) is 0 Å². The van der Waals surface area contributed by atoms with E-state index in [1.165, 1.54) is 24.3 Å². The minimum Gasteiger partial charge on any atom is -0.454 e. The molecule has 0 radical (unpaired) electrons. The quantitative estimate of drug-likeness (QED) is 0.878. The fraction of sp³-hybridized carbons (Fsp3) is 0.647. The predicted molar refractivity (Wildman–Crippen MR) is 92.9 cm³/mol. The third kappa shape index (κ3) is 2.93. The number of ether oxygens (including phenoxy) is 2. The van der Waals surface area contributed by atoms with Crippen LogP contribution >= 0.6 is 11.8 Å². The zero-order valence-corrected chi connectivity index (χ0v) is 14.6. The van der Waals surface area contributed by atoms with Crippen LogP contribution in [0.4, 0.5) is 0 Å². The third-order valence-electron chi connectivity index (χ3n) is 5.33. The Kier molecular flexibility index (Phi) is 4.41. The van der Waals surface area contributed by atoms with Crippen LogP contribution in [0.5, 0.6) is 11.5 Å². The number of hydrazine groups is 1. The van der Waals surface area contributed by atoms with Crippen LogP contribution in [0.3, 0.4) is 0 Å². The lowest BCUT2D eigenvalue weighted by Crippen LogP contribution is -2.49. The summed E-state index contributed by atoms with van der Waals surface area (Å²) in [6.07, 6.45) is 3.40. The molecular formula is C17H25N3O2S. The van der Waals surface area contributed by atoms with E-state index in [1.54, 1.807) is 0 Å². The van der Waals surface area contributed by atoms with Crippen molar-refractivity contribution in [3.8, 4) is 11.5 Å². The van der Waals surface area contributed by atoms with E-state index in [1.807, 2.05) is 17.8 Å². The largest absolute Gasteiger partial charge is 0.454 e. The van der Waals surface area contributed by atoms with Crippen molar-refractivity contribution in [3.05, 3.63) is 23.8 Å². The molecular weight excluding hydrogens is 310 g/mol. The minimum atomic E-state index is 0.332. The summed E-state index contributed by atoms with van der Waals surface area (Å²) in [5.41, 5.74) is 8.32. The first-order chi connectivity index (χ1) is 11.3. The van der Waals surface area contributed by atoms with Gasteiger partial charge in [0, 0.05) is 36.8 Å². The Balaban J connectivity index is 1.51. The van der Waals surface area contributed by atoms with E-state index in [-0.39, 0.29) is 0 Å². The molecule has 4 rings (SSSR count). The van der Waals surface area contributed by atoms with E-state index >= 15 is 0 Å². The maximum absolute atomic E-state index is 5.54. The molecule has 0 aliphatic carbocycles. The summed E-state index contributed by atoms with van der Waals surface area (Å²) in [5, 5.41) is 0. The topological polar surface area (TPSA) is 45.8 Å². The monoisotopic (exact) mass is 335 g/mol. The number of nitrogens with zero attached hydrogens (tertiary/aromatic N) is 1. The van der Waals surface area contributed by atoms with Gasteiger partial charge in [-0.1, -0.05) is 6.07 Å². The molecule has 3 aliphatic rings. The van der Waals surface area contributed by atoms with Gasteiger partial charge in [0.1, 0.15) is 0 Å². The molecule has 2 N–H and O–H groups in total. The maximum Gasteiger partial charge on any atom is 0.231 e. The van der Waals surface area contributed by atoms with Crippen LogP contribution in [0.2, 0.25) is 0 Å². The van der Waals surface area contributed by atoms with Crippen molar-refractivity contribution in [2.45, 2.75) is 31.5 Å². The van der Waals surface area contributed by atoms with Crippen LogP contribution in [-0.2, 0) is 0 Å². The van der Waals surface area contributed by atoms with Crippen LogP contribution in [0.1, 0.15) is 24.9 Å². The molecule has 2 saturated heterocycles. The Labute approximate surface area is 142 Å². The molecule has 0 amide bonds. The van der Waals surface area contributed by atoms with Crippen molar-refractivity contribution in [2.24, 2.45) is 5.92 Å².